The molecule has 1 heterocycles. The van der Waals surface area contributed by atoms with E-state index in [9.17, 15) is 13.2 Å². The Kier molecular flexibility index (Phi) is 5.93. The molecule has 1 fully saturated rings. The molecule has 1 aliphatic heterocycles. The van der Waals surface area contributed by atoms with E-state index in [-0.39, 0.29) is 10.9 Å². The van der Waals surface area contributed by atoms with Crippen molar-refractivity contribution in [2.45, 2.75) is 50.2 Å². The summed E-state index contributed by atoms with van der Waals surface area (Å²) >= 11 is 3.26. The molecular formula is C16H23BrN2O4S. The minimum absolute atomic E-state index is 0.194. The van der Waals surface area contributed by atoms with Crippen LogP contribution in [0.5, 0.6) is 0 Å². The topological polar surface area (TPSA) is 75.7 Å². The van der Waals surface area contributed by atoms with Crippen LogP contribution in [0.15, 0.2) is 33.6 Å². The van der Waals surface area contributed by atoms with Crippen molar-refractivity contribution in [1.29, 1.82) is 0 Å². The van der Waals surface area contributed by atoms with Crippen molar-refractivity contribution >= 4 is 32.0 Å². The Labute approximate surface area is 151 Å². The molecule has 8 heteroatoms. The highest BCUT2D eigenvalue weighted by Gasteiger charge is 2.30. The van der Waals surface area contributed by atoms with Gasteiger partial charge in [0.1, 0.15) is 5.60 Å². The van der Waals surface area contributed by atoms with E-state index in [1.807, 2.05) is 20.8 Å². The second kappa shape index (κ2) is 7.41. The summed E-state index contributed by atoms with van der Waals surface area (Å²) in [6, 6.07) is 6.33. The number of benzene rings is 1. The van der Waals surface area contributed by atoms with Crippen LogP contribution in [0.3, 0.4) is 0 Å². The number of ether oxygens (including phenoxy) is 1. The molecule has 1 aromatic carbocycles. The summed E-state index contributed by atoms with van der Waals surface area (Å²) in [5.41, 5.74) is -0.571. The standard InChI is InChI=1S/C16H23BrN2O4S/c1-16(2,3)23-15(20)19-10-6-7-12(11-19)18-24(21,22)14-9-5-4-8-13(14)17/h4-5,8-9,12,18H,6-7,10-11H2,1-3H3/t12-/m1/s1. The molecule has 1 aromatic rings. The van der Waals surface area contributed by atoms with Crippen LogP contribution in [0.4, 0.5) is 4.79 Å². The second-order valence-electron chi connectivity index (χ2n) is 6.82. The molecule has 1 amide bonds. The molecule has 0 spiro atoms. The van der Waals surface area contributed by atoms with E-state index in [1.165, 1.54) is 0 Å². The van der Waals surface area contributed by atoms with Gasteiger partial charge in [-0.15, -0.1) is 0 Å². The van der Waals surface area contributed by atoms with Crippen molar-refractivity contribution in [1.82, 2.24) is 9.62 Å². The molecule has 0 aromatic heterocycles. The lowest BCUT2D eigenvalue weighted by Crippen LogP contribution is -2.50. The fourth-order valence-electron chi connectivity index (χ4n) is 2.51. The van der Waals surface area contributed by atoms with Crippen LogP contribution in [0.2, 0.25) is 0 Å². The maximum atomic E-state index is 12.6. The zero-order valence-electron chi connectivity index (χ0n) is 14.1. The number of rotatable bonds is 3. The number of sulfonamides is 1. The highest BCUT2D eigenvalue weighted by Crippen LogP contribution is 2.22. The van der Waals surface area contributed by atoms with Gasteiger partial charge in [0.05, 0.1) is 4.90 Å². The molecular weight excluding hydrogens is 396 g/mol. The van der Waals surface area contributed by atoms with E-state index < -0.39 is 21.7 Å². The van der Waals surface area contributed by atoms with Gasteiger partial charge < -0.3 is 9.64 Å². The molecule has 24 heavy (non-hydrogen) atoms. The minimum Gasteiger partial charge on any atom is -0.444 e. The smallest absolute Gasteiger partial charge is 0.410 e. The first-order chi connectivity index (χ1) is 11.1. The third-order valence-electron chi connectivity index (χ3n) is 3.52. The molecule has 0 saturated carbocycles. The number of carbonyl (C=O) groups is 1. The van der Waals surface area contributed by atoms with E-state index in [0.717, 1.165) is 6.42 Å². The number of carbonyl (C=O) groups excluding carboxylic acids is 1. The predicted molar refractivity (Wildman–Crippen MR) is 95.3 cm³/mol. The van der Waals surface area contributed by atoms with E-state index in [2.05, 4.69) is 20.7 Å². The van der Waals surface area contributed by atoms with Crippen LogP contribution in [-0.2, 0) is 14.8 Å². The lowest BCUT2D eigenvalue weighted by molar-refractivity contribution is 0.0195. The minimum atomic E-state index is -3.65. The van der Waals surface area contributed by atoms with Gasteiger partial charge in [0.15, 0.2) is 0 Å². The average Bonchev–Trinajstić information content (AvgIpc) is 2.45. The van der Waals surface area contributed by atoms with Crippen molar-refractivity contribution in [2.24, 2.45) is 0 Å². The Balaban J connectivity index is 2.05. The van der Waals surface area contributed by atoms with Gasteiger partial charge in [0.2, 0.25) is 10.0 Å². The third kappa shape index (κ3) is 5.19. The summed E-state index contributed by atoms with van der Waals surface area (Å²) in [5.74, 6) is 0. The van der Waals surface area contributed by atoms with Gasteiger partial charge in [-0.3, -0.25) is 0 Å². The van der Waals surface area contributed by atoms with Crippen molar-refractivity contribution in [3.05, 3.63) is 28.7 Å². The van der Waals surface area contributed by atoms with E-state index in [1.54, 1.807) is 29.2 Å². The first kappa shape index (κ1) is 19.2. The van der Waals surface area contributed by atoms with Crippen molar-refractivity contribution < 1.29 is 17.9 Å². The number of hydrogen-bond donors (Lipinski definition) is 1. The number of amides is 1. The van der Waals surface area contributed by atoms with Gasteiger partial charge in [0, 0.05) is 23.6 Å². The first-order valence-corrected chi connectivity index (χ1v) is 10.1. The fraction of sp³-hybridized carbons (Fsp3) is 0.562. The summed E-state index contributed by atoms with van der Waals surface area (Å²) in [6.45, 7) is 6.30. The fourth-order valence-corrected chi connectivity index (χ4v) is 4.78. The third-order valence-corrected chi connectivity index (χ3v) is 6.05. The van der Waals surface area contributed by atoms with Crippen LogP contribution >= 0.6 is 15.9 Å². The molecule has 1 aliphatic rings. The Morgan fingerprint density at radius 1 is 1.33 bits per heavy atom. The zero-order chi connectivity index (χ0) is 18.0. The number of likely N-dealkylation sites (tertiary alicyclic amines) is 1. The molecule has 1 atom stereocenters. The Morgan fingerprint density at radius 2 is 2.00 bits per heavy atom. The molecule has 0 radical (unpaired) electrons. The molecule has 134 valence electrons. The number of halogens is 1. The van der Waals surface area contributed by atoms with Crippen molar-refractivity contribution in [2.75, 3.05) is 13.1 Å². The molecule has 2 rings (SSSR count). The highest BCUT2D eigenvalue weighted by molar-refractivity contribution is 9.10. The molecule has 6 nitrogen and oxygen atoms in total. The van der Waals surface area contributed by atoms with Gasteiger partial charge in [-0.1, -0.05) is 12.1 Å². The van der Waals surface area contributed by atoms with Crippen LogP contribution in [0, 0.1) is 0 Å². The summed E-state index contributed by atoms with van der Waals surface area (Å²) < 4.78 is 33.7. The van der Waals surface area contributed by atoms with E-state index in [4.69, 9.17) is 4.74 Å². The van der Waals surface area contributed by atoms with Crippen LogP contribution < -0.4 is 4.72 Å². The van der Waals surface area contributed by atoms with Gasteiger partial charge in [-0.2, -0.15) is 0 Å². The lowest BCUT2D eigenvalue weighted by atomic mass is 10.1. The van der Waals surface area contributed by atoms with Gasteiger partial charge in [0.25, 0.3) is 0 Å². The number of nitrogens with zero attached hydrogens (tertiary/aromatic N) is 1. The van der Waals surface area contributed by atoms with E-state index >= 15 is 0 Å². The normalized spacial score (nSPS) is 19.2. The zero-order valence-corrected chi connectivity index (χ0v) is 16.5. The SMILES string of the molecule is CC(C)(C)OC(=O)N1CCC[C@@H](NS(=O)(=O)c2ccccc2Br)C1. The monoisotopic (exact) mass is 418 g/mol. The van der Waals surface area contributed by atoms with E-state index in [0.29, 0.717) is 24.0 Å². The number of hydrogen-bond acceptors (Lipinski definition) is 4. The number of piperidine rings is 1. The average molecular weight is 419 g/mol. The first-order valence-electron chi connectivity index (χ1n) is 7.83. The maximum absolute atomic E-state index is 12.6. The van der Waals surface area contributed by atoms with Gasteiger partial charge >= 0.3 is 6.09 Å². The Hall–Kier alpha value is -1.12. The van der Waals surface area contributed by atoms with Crippen molar-refractivity contribution in [3.63, 3.8) is 0 Å². The van der Waals surface area contributed by atoms with Gasteiger partial charge in [-0.25, -0.2) is 17.9 Å². The molecule has 0 unspecified atom stereocenters. The Bertz CT molecular complexity index is 700. The van der Waals surface area contributed by atoms with Crippen LogP contribution in [0.25, 0.3) is 0 Å². The molecule has 0 aliphatic carbocycles. The van der Waals surface area contributed by atoms with Crippen LogP contribution in [0.1, 0.15) is 33.6 Å². The highest BCUT2D eigenvalue weighted by atomic mass is 79.9. The van der Waals surface area contributed by atoms with Gasteiger partial charge in [-0.05, 0) is 61.7 Å². The van der Waals surface area contributed by atoms with Crippen LogP contribution in [-0.4, -0.2) is 44.1 Å². The molecule has 0 bridgehead atoms. The number of nitrogens with one attached hydrogen (secondary N) is 1. The summed E-state index contributed by atoms with van der Waals surface area (Å²) in [5, 5.41) is 0. The predicted octanol–water partition coefficient (Wildman–Crippen LogP) is 3.13. The molecule has 1 saturated heterocycles. The second-order valence-corrected chi connectivity index (χ2v) is 9.35. The molecule has 1 N–H and O–H groups in total. The Morgan fingerprint density at radius 3 is 2.62 bits per heavy atom. The lowest BCUT2D eigenvalue weighted by Gasteiger charge is -2.34. The largest absolute Gasteiger partial charge is 0.444 e. The summed E-state index contributed by atoms with van der Waals surface area (Å²) in [6.07, 6.45) is 0.998. The maximum Gasteiger partial charge on any atom is 0.410 e. The van der Waals surface area contributed by atoms with Crippen molar-refractivity contribution in [3.8, 4) is 0 Å². The quantitative estimate of drug-likeness (QED) is 0.817. The summed E-state index contributed by atoms with van der Waals surface area (Å²) in [4.78, 5) is 13.9. The summed E-state index contributed by atoms with van der Waals surface area (Å²) in [7, 11) is -3.65.